The molecule has 0 heterocycles. The van der Waals surface area contributed by atoms with Crippen LogP contribution < -0.4 is 0 Å². The van der Waals surface area contributed by atoms with Crippen molar-refractivity contribution in [3.63, 3.8) is 0 Å². The number of aliphatic hydroxyl groups excluding tert-OH is 2. The van der Waals surface area contributed by atoms with Gasteiger partial charge in [-0.3, -0.25) is 0 Å². The van der Waals surface area contributed by atoms with Gasteiger partial charge in [0.25, 0.3) is 0 Å². The summed E-state index contributed by atoms with van der Waals surface area (Å²) in [4.78, 5) is 0. The van der Waals surface area contributed by atoms with E-state index in [1.165, 1.54) is 0 Å². The monoisotopic (exact) mass is 214 g/mol. The summed E-state index contributed by atoms with van der Waals surface area (Å²) in [5.74, 6) is 1.40. The lowest BCUT2D eigenvalue weighted by molar-refractivity contribution is 0.102. The highest BCUT2D eigenvalue weighted by molar-refractivity contribution is 7.99. The molecule has 0 unspecified atom stereocenters. The number of hydrogen-bond acceptors (Lipinski definition) is 3. The minimum Gasteiger partial charge on any atom is -0.395 e. The van der Waals surface area contributed by atoms with Crippen molar-refractivity contribution in [2.75, 3.05) is 24.7 Å². The zero-order chi connectivity index (χ0) is 11.0. The van der Waals surface area contributed by atoms with Gasteiger partial charge in [0.1, 0.15) is 0 Å². The second kappa shape index (κ2) is 7.10. The predicted molar refractivity (Wildman–Crippen MR) is 62.2 cm³/mol. The molecule has 0 spiro atoms. The summed E-state index contributed by atoms with van der Waals surface area (Å²) in [6.07, 6.45) is 2.07. The molecular formula is C11H18O2S. The summed E-state index contributed by atoms with van der Waals surface area (Å²) >= 11 is 1.60. The molecule has 2 N–H and O–H groups in total. The van der Waals surface area contributed by atoms with Crippen LogP contribution in [0.2, 0.25) is 0 Å². The number of hydrogen-bond donors (Lipinski definition) is 2. The van der Waals surface area contributed by atoms with E-state index in [1.54, 1.807) is 17.8 Å². The van der Waals surface area contributed by atoms with Gasteiger partial charge in [-0.05, 0) is 13.3 Å². The fraction of sp³-hybridized carbons (Fsp3) is 0.545. The van der Waals surface area contributed by atoms with Crippen LogP contribution in [-0.2, 0) is 0 Å². The normalized spacial score (nSPS) is 11.4. The van der Waals surface area contributed by atoms with Crippen LogP contribution in [0.15, 0.2) is 24.8 Å². The summed E-state index contributed by atoms with van der Waals surface area (Å²) in [6.45, 7) is 12.6. The highest BCUT2D eigenvalue weighted by Crippen LogP contribution is 2.31. The van der Waals surface area contributed by atoms with Crippen molar-refractivity contribution in [2.45, 2.75) is 6.42 Å². The molecule has 0 aliphatic heterocycles. The van der Waals surface area contributed by atoms with Crippen LogP contribution >= 0.6 is 11.8 Å². The van der Waals surface area contributed by atoms with E-state index in [2.05, 4.69) is 13.2 Å². The standard InChI is InChI=1S/C11H18O2S/c1-4-6-14-9-11(7-12,8-13)10(3)5-2/h2,4,12-13H,1,3,5-9H2. The Morgan fingerprint density at radius 3 is 2.36 bits per heavy atom. The molecule has 0 aromatic rings. The second-order valence-electron chi connectivity index (χ2n) is 3.21. The van der Waals surface area contributed by atoms with Gasteiger partial charge in [-0.2, -0.15) is 11.8 Å². The molecule has 0 aromatic carbocycles. The van der Waals surface area contributed by atoms with E-state index in [0.29, 0.717) is 11.3 Å². The lowest BCUT2D eigenvalue weighted by Crippen LogP contribution is -2.34. The third-order valence-electron chi connectivity index (χ3n) is 2.22. The lowest BCUT2D eigenvalue weighted by Gasteiger charge is -2.31. The van der Waals surface area contributed by atoms with Gasteiger partial charge in [-0.1, -0.05) is 18.2 Å². The third-order valence-corrected chi connectivity index (χ3v) is 3.44. The molecule has 2 nitrogen and oxygen atoms in total. The van der Waals surface area contributed by atoms with Crippen molar-refractivity contribution in [1.29, 1.82) is 0 Å². The molecule has 0 saturated carbocycles. The van der Waals surface area contributed by atoms with Crippen LogP contribution in [0.4, 0.5) is 0 Å². The Balaban J connectivity index is 4.36. The smallest absolute Gasteiger partial charge is 0.0554 e. The Morgan fingerprint density at radius 1 is 1.43 bits per heavy atom. The molecule has 0 atom stereocenters. The first-order valence-corrected chi connectivity index (χ1v) is 5.61. The van der Waals surface area contributed by atoms with Gasteiger partial charge in [-0.25, -0.2) is 0 Å². The van der Waals surface area contributed by atoms with E-state index < -0.39 is 5.41 Å². The van der Waals surface area contributed by atoms with Crippen molar-refractivity contribution >= 4 is 11.8 Å². The Hall–Kier alpha value is -0.250. The van der Waals surface area contributed by atoms with Crippen molar-refractivity contribution in [3.8, 4) is 0 Å². The first kappa shape index (κ1) is 13.8. The second-order valence-corrected chi connectivity index (χ2v) is 4.24. The Bertz CT molecular complexity index is 186. The molecule has 3 heteroatoms. The van der Waals surface area contributed by atoms with E-state index in [4.69, 9.17) is 6.92 Å². The minimum absolute atomic E-state index is 0.121. The molecule has 0 amide bonds. The molecule has 0 bridgehead atoms. The number of aliphatic hydroxyl groups is 2. The molecule has 80 valence electrons. The molecule has 0 fully saturated rings. The summed E-state index contributed by atoms with van der Waals surface area (Å²) in [5, 5.41) is 18.5. The first-order chi connectivity index (χ1) is 6.66. The first-order valence-electron chi connectivity index (χ1n) is 4.45. The average molecular weight is 214 g/mol. The highest BCUT2D eigenvalue weighted by Gasteiger charge is 2.30. The molecule has 0 rings (SSSR count). The average Bonchev–Trinajstić information content (AvgIpc) is 2.24. The summed E-state index contributed by atoms with van der Waals surface area (Å²) in [7, 11) is 0. The van der Waals surface area contributed by atoms with Gasteiger partial charge in [0, 0.05) is 16.9 Å². The maximum absolute atomic E-state index is 9.26. The van der Waals surface area contributed by atoms with Crippen LogP contribution in [0.3, 0.4) is 0 Å². The van der Waals surface area contributed by atoms with E-state index in [1.807, 2.05) is 0 Å². The van der Waals surface area contributed by atoms with Gasteiger partial charge in [0.05, 0.1) is 13.2 Å². The Labute approximate surface area is 90.7 Å². The van der Waals surface area contributed by atoms with E-state index in [9.17, 15) is 10.2 Å². The number of rotatable bonds is 8. The van der Waals surface area contributed by atoms with Crippen LogP contribution in [0.25, 0.3) is 0 Å². The molecular weight excluding hydrogens is 196 g/mol. The Morgan fingerprint density at radius 2 is 2.00 bits per heavy atom. The van der Waals surface area contributed by atoms with Crippen molar-refractivity contribution < 1.29 is 10.2 Å². The van der Waals surface area contributed by atoms with Crippen LogP contribution in [-0.4, -0.2) is 34.9 Å². The van der Waals surface area contributed by atoms with Gasteiger partial charge in [-0.15, -0.1) is 6.58 Å². The van der Waals surface area contributed by atoms with Crippen molar-refractivity contribution in [2.24, 2.45) is 5.41 Å². The van der Waals surface area contributed by atoms with Gasteiger partial charge < -0.3 is 10.2 Å². The summed E-state index contributed by atoms with van der Waals surface area (Å²) in [5.41, 5.74) is 0.0432. The summed E-state index contributed by atoms with van der Waals surface area (Å²) < 4.78 is 0. The van der Waals surface area contributed by atoms with Gasteiger partial charge in [0.2, 0.25) is 0 Å². The minimum atomic E-state index is -0.650. The SMILES string of the molecule is [CH]CC(=C)C(CO)(CO)CSCC=C. The Kier molecular flexibility index (Phi) is 6.97. The maximum Gasteiger partial charge on any atom is 0.0554 e. The number of thioether (sulfide) groups is 1. The van der Waals surface area contributed by atoms with Gasteiger partial charge in [0.15, 0.2) is 0 Å². The maximum atomic E-state index is 9.26. The fourth-order valence-corrected chi connectivity index (χ4v) is 2.08. The van der Waals surface area contributed by atoms with E-state index >= 15 is 0 Å². The highest BCUT2D eigenvalue weighted by atomic mass is 32.2. The molecule has 0 saturated heterocycles. The molecule has 2 radical (unpaired) electrons. The van der Waals surface area contributed by atoms with E-state index in [-0.39, 0.29) is 19.6 Å². The fourth-order valence-electron chi connectivity index (χ4n) is 1.02. The molecule has 0 aromatic heterocycles. The van der Waals surface area contributed by atoms with Crippen LogP contribution in [0, 0.1) is 12.3 Å². The molecule has 0 aliphatic carbocycles. The molecule has 14 heavy (non-hydrogen) atoms. The third kappa shape index (κ3) is 3.48. The zero-order valence-corrected chi connectivity index (χ0v) is 9.22. The summed E-state index contributed by atoms with van der Waals surface area (Å²) in [6, 6.07) is 0. The predicted octanol–water partition coefficient (Wildman–Crippen LogP) is 1.53. The van der Waals surface area contributed by atoms with Crippen LogP contribution in [0.5, 0.6) is 0 Å². The van der Waals surface area contributed by atoms with Crippen LogP contribution in [0.1, 0.15) is 6.42 Å². The quantitative estimate of drug-likeness (QED) is 0.475. The van der Waals surface area contributed by atoms with E-state index in [0.717, 1.165) is 5.75 Å². The lowest BCUT2D eigenvalue weighted by atomic mass is 9.83. The molecule has 0 aliphatic rings. The zero-order valence-electron chi connectivity index (χ0n) is 8.41. The topological polar surface area (TPSA) is 40.5 Å². The largest absolute Gasteiger partial charge is 0.395 e. The van der Waals surface area contributed by atoms with Crippen molar-refractivity contribution in [3.05, 3.63) is 31.7 Å². The van der Waals surface area contributed by atoms with Gasteiger partial charge >= 0.3 is 0 Å². The van der Waals surface area contributed by atoms with Crippen molar-refractivity contribution in [1.82, 2.24) is 0 Å².